The highest BCUT2D eigenvalue weighted by Crippen LogP contribution is 2.42. The van der Waals surface area contributed by atoms with Gasteiger partial charge in [-0.1, -0.05) is 25.1 Å². The maximum absolute atomic E-state index is 6.33. The van der Waals surface area contributed by atoms with Crippen LogP contribution in [-0.4, -0.2) is 6.04 Å². The Kier molecular flexibility index (Phi) is 5.51. The second-order valence-electron chi connectivity index (χ2n) is 4.54. The molecule has 19 heavy (non-hydrogen) atoms. The molecule has 0 saturated heterocycles. The van der Waals surface area contributed by atoms with Crippen LogP contribution in [0, 0.1) is 6.92 Å². The first-order chi connectivity index (χ1) is 9.11. The summed E-state index contributed by atoms with van der Waals surface area (Å²) in [5.74, 6) is 0. The van der Waals surface area contributed by atoms with Crippen molar-refractivity contribution in [3.8, 4) is 0 Å². The fraction of sp³-hybridized carbons (Fsp3) is 0.333. The van der Waals surface area contributed by atoms with Crippen LogP contribution in [0.5, 0.6) is 0 Å². The van der Waals surface area contributed by atoms with E-state index in [4.69, 9.17) is 5.73 Å². The Morgan fingerprint density at radius 2 is 2.11 bits per heavy atom. The molecule has 0 amide bonds. The van der Waals surface area contributed by atoms with Gasteiger partial charge in [0.1, 0.15) is 0 Å². The van der Waals surface area contributed by atoms with Gasteiger partial charge in [-0.05, 0) is 47.0 Å². The lowest BCUT2D eigenvalue weighted by atomic mass is 10.1. The summed E-state index contributed by atoms with van der Waals surface area (Å²) < 4.78 is 1.14. The molecule has 2 rings (SSSR count). The molecule has 1 aromatic heterocycles. The van der Waals surface area contributed by atoms with E-state index in [9.17, 15) is 0 Å². The van der Waals surface area contributed by atoms with Crippen molar-refractivity contribution < 1.29 is 0 Å². The third-order valence-corrected chi connectivity index (χ3v) is 6.57. The molecular formula is C15H18BrNS2. The van der Waals surface area contributed by atoms with Crippen LogP contribution in [0.25, 0.3) is 0 Å². The van der Waals surface area contributed by atoms with Gasteiger partial charge < -0.3 is 5.73 Å². The standard InChI is InChI=1S/C15H18BrNS2/c1-3-12(17)15(14-8-11(16)9-18-14)19-13-7-5-4-6-10(13)2/h4-9,12,15H,3,17H2,1-2H3. The zero-order chi connectivity index (χ0) is 13.8. The van der Waals surface area contributed by atoms with E-state index in [1.165, 1.54) is 15.3 Å². The first kappa shape index (κ1) is 15.1. The largest absolute Gasteiger partial charge is 0.326 e. The number of thiophene rings is 1. The Morgan fingerprint density at radius 3 is 2.68 bits per heavy atom. The third-order valence-electron chi connectivity index (χ3n) is 3.08. The van der Waals surface area contributed by atoms with Crippen molar-refractivity contribution in [1.82, 2.24) is 0 Å². The van der Waals surface area contributed by atoms with Crippen LogP contribution in [0.15, 0.2) is 45.1 Å². The highest BCUT2D eigenvalue weighted by molar-refractivity contribution is 9.10. The van der Waals surface area contributed by atoms with Crippen LogP contribution < -0.4 is 5.73 Å². The van der Waals surface area contributed by atoms with E-state index in [0.717, 1.165) is 10.9 Å². The normalized spacial score (nSPS) is 14.3. The predicted octanol–water partition coefficient (Wildman–Crippen LogP) is 5.39. The molecule has 2 atom stereocenters. The molecule has 0 aliphatic carbocycles. The number of hydrogen-bond donors (Lipinski definition) is 1. The molecule has 4 heteroatoms. The van der Waals surface area contributed by atoms with Gasteiger partial charge >= 0.3 is 0 Å². The molecule has 0 aliphatic rings. The van der Waals surface area contributed by atoms with E-state index < -0.39 is 0 Å². The van der Waals surface area contributed by atoms with Gasteiger partial charge in [-0.15, -0.1) is 23.1 Å². The zero-order valence-corrected chi connectivity index (χ0v) is 14.3. The van der Waals surface area contributed by atoms with Gasteiger partial charge in [-0.25, -0.2) is 0 Å². The second kappa shape index (κ2) is 6.93. The molecule has 1 nitrogen and oxygen atoms in total. The summed E-state index contributed by atoms with van der Waals surface area (Å²) in [5.41, 5.74) is 7.64. The van der Waals surface area contributed by atoms with Crippen LogP contribution in [0.4, 0.5) is 0 Å². The van der Waals surface area contributed by atoms with Gasteiger partial charge in [0.2, 0.25) is 0 Å². The van der Waals surface area contributed by atoms with Crippen LogP contribution in [0.3, 0.4) is 0 Å². The number of benzene rings is 1. The van der Waals surface area contributed by atoms with Crippen molar-refractivity contribution in [2.75, 3.05) is 0 Å². The van der Waals surface area contributed by atoms with Crippen molar-refractivity contribution in [1.29, 1.82) is 0 Å². The summed E-state index contributed by atoms with van der Waals surface area (Å²) in [4.78, 5) is 2.66. The van der Waals surface area contributed by atoms with Gasteiger partial charge in [0.15, 0.2) is 0 Å². The molecule has 2 unspecified atom stereocenters. The van der Waals surface area contributed by atoms with Gasteiger partial charge in [-0.2, -0.15) is 0 Å². The van der Waals surface area contributed by atoms with Crippen molar-refractivity contribution in [3.63, 3.8) is 0 Å². The highest BCUT2D eigenvalue weighted by Gasteiger charge is 2.22. The van der Waals surface area contributed by atoms with Gasteiger partial charge in [-0.3, -0.25) is 0 Å². The predicted molar refractivity (Wildman–Crippen MR) is 90.1 cm³/mol. The lowest BCUT2D eigenvalue weighted by Crippen LogP contribution is -2.25. The Labute approximate surface area is 131 Å². The van der Waals surface area contributed by atoms with Crippen LogP contribution in [0.2, 0.25) is 0 Å². The van der Waals surface area contributed by atoms with Gasteiger partial charge in [0.25, 0.3) is 0 Å². The molecule has 2 N–H and O–H groups in total. The molecule has 0 radical (unpaired) electrons. The molecule has 0 aliphatic heterocycles. The molecule has 1 aromatic carbocycles. The number of thioether (sulfide) groups is 1. The summed E-state index contributed by atoms with van der Waals surface area (Å²) >= 11 is 7.19. The number of aryl methyl sites for hydroxylation is 1. The Bertz CT molecular complexity index is 538. The van der Waals surface area contributed by atoms with Crippen molar-refractivity contribution in [2.24, 2.45) is 5.73 Å². The topological polar surface area (TPSA) is 26.0 Å². The number of hydrogen-bond acceptors (Lipinski definition) is 3. The highest BCUT2D eigenvalue weighted by atomic mass is 79.9. The lowest BCUT2D eigenvalue weighted by molar-refractivity contribution is 0.639. The SMILES string of the molecule is CCC(N)C(Sc1ccccc1C)c1cc(Br)cs1. The summed E-state index contributed by atoms with van der Waals surface area (Å²) in [5, 5.41) is 2.45. The molecule has 2 aromatic rings. The molecule has 0 bridgehead atoms. The first-order valence-electron chi connectivity index (χ1n) is 6.33. The molecular weight excluding hydrogens is 338 g/mol. The van der Waals surface area contributed by atoms with Crippen molar-refractivity contribution in [3.05, 3.63) is 50.6 Å². The number of halogens is 1. The molecule has 0 saturated carbocycles. The van der Waals surface area contributed by atoms with E-state index >= 15 is 0 Å². The quantitative estimate of drug-likeness (QED) is 0.727. The third kappa shape index (κ3) is 3.85. The van der Waals surface area contributed by atoms with Gasteiger partial charge in [0.05, 0.1) is 5.25 Å². The van der Waals surface area contributed by atoms with E-state index in [-0.39, 0.29) is 6.04 Å². The first-order valence-corrected chi connectivity index (χ1v) is 8.89. The van der Waals surface area contributed by atoms with E-state index in [1.807, 2.05) is 11.8 Å². The van der Waals surface area contributed by atoms with Crippen LogP contribution >= 0.6 is 39.0 Å². The average Bonchev–Trinajstić information content (AvgIpc) is 2.83. The Morgan fingerprint density at radius 1 is 1.37 bits per heavy atom. The van der Waals surface area contributed by atoms with Crippen LogP contribution in [-0.2, 0) is 0 Å². The van der Waals surface area contributed by atoms with Gasteiger partial charge in [0, 0.05) is 25.7 Å². The minimum atomic E-state index is 0.176. The number of rotatable bonds is 5. The minimum absolute atomic E-state index is 0.176. The second-order valence-corrected chi connectivity index (χ2v) is 7.59. The van der Waals surface area contributed by atoms with Crippen LogP contribution in [0.1, 0.15) is 29.0 Å². The van der Waals surface area contributed by atoms with E-state index in [1.54, 1.807) is 11.3 Å². The zero-order valence-electron chi connectivity index (χ0n) is 11.1. The summed E-state index contributed by atoms with van der Waals surface area (Å²) in [6, 6.07) is 10.9. The smallest absolute Gasteiger partial charge is 0.0589 e. The monoisotopic (exact) mass is 355 g/mol. The average molecular weight is 356 g/mol. The summed E-state index contributed by atoms with van der Waals surface area (Å²) in [7, 11) is 0. The van der Waals surface area contributed by atoms with E-state index in [0.29, 0.717) is 5.25 Å². The lowest BCUT2D eigenvalue weighted by Gasteiger charge is -2.22. The van der Waals surface area contributed by atoms with Crippen molar-refractivity contribution >= 4 is 39.0 Å². The number of nitrogens with two attached hydrogens (primary N) is 1. The molecule has 102 valence electrons. The fourth-order valence-electron chi connectivity index (χ4n) is 1.87. The Hall–Kier alpha value is -0.290. The van der Waals surface area contributed by atoms with Crippen molar-refractivity contribution in [2.45, 2.75) is 36.5 Å². The summed E-state index contributed by atoms with van der Waals surface area (Å²) in [6.45, 7) is 4.31. The maximum atomic E-state index is 6.33. The fourth-order valence-corrected chi connectivity index (χ4v) is 4.92. The Balaban J connectivity index is 2.27. The molecule has 1 heterocycles. The maximum Gasteiger partial charge on any atom is 0.0589 e. The summed E-state index contributed by atoms with van der Waals surface area (Å²) in [6.07, 6.45) is 0.985. The van der Waals surface area contributed by atoms with E-state index in [2.05, 4.69) is 65.5 Å². The molecule has 0 fully saturated rings. The molecule has 0 spiro atoms. The minimum Gasteiger partial charge on any atom is -0.326 e.